The van der Waals surface area contributed by atoms with Crippen LogP contribution in [-0.4, -0.2) is 32.3 Å². The van der Waals surface area contributed by atoms with Crippen LogP contribution in [0.5, 0.6) is 5.75 Å². The van der Waals surface area contributed by atoms with Gasteiger partial charge in [0.2, 0.25) is 15.9 Å². The van der Waals surface area contributed by atoms with Gasteiger partial charge < -0.3 is 10.1 Å². The number of halogens is 3. The molecule has 3 aromatic rings. The average Bonchev–Trinajstić information content (AvgIpc) is 2.76. The molecule has 0 saturated heterocycles. The summed E-state index contributed by atoms with van der Waals surface area (Å²) < 4.78 is 46.8. The van der Waals surface area contributed by atoms with Gasteiger partial charge in [0.25, 0.3) is 0 Å². The molecular weight excluding hydrogens is 478 g/mol. The van der Waals surface area contributed by atoms with Crippen LogP contribution in [0.25, 0.3) is 0 Å². The zero-order valence-corrected chi connectivity index (χ0v) is 19.2. The van der Waals surface area contributed by atoms with E-state index in [4.69, 9.17) is 27.9 Å². The highest BCUT2D eigenvalue weighted by atomic mass is 35.5. The largest absolute Gasteiger partial charge is 0.497 e. The van der Waals surface area contributed by atoms with Gasteiger partial charge in [-0.25, -0.2) is 12.8 Å². The minimum atomic E-state index is -4.18. The second-order valence-electron chi connectivity index (χ2n) is 6.70. The first-order valence-corrected chi connectivity index (χ1v) is 11.5. The van der Waals surface area contributed by atoms with Crippen LogP contribution in [0.15, 0.2) is 71.6 Å². The van der Waals surface area contributed by atoms with Gasteiger partial charge in [-0.2, -0.15) is 4.31 Å². The van der Waals surface area contributed by atoms with Crippen LogP contribution in [-0.2, 0) is 21.4 Å². The zero-order chi connectivity index (χ0) is 23.3. The molecule has 0 aliphatic heterocycles. The molecule has 1 N–H and O–H groups in total. The lowest BCUT2D eigenvalue weighted by Crippen LogP contribution is -2.37. The van der Waals surface area contributed by atoms with Crippen molar-refractivity contribution in [3.05, 3.63) is 88.2 Å². The highest BCUT2D eigenvalue weighted by molar-refractivity contribution is 7.89. The highest BCUT2D eigenvalue weighted by Crippen LogP contribution is 2.25. The number of nitrogens with one attached hydrogen (secondary N) is 1. The Balaban J connectivity index is 1.90. The average molecular weight is 497 g/mol. The fourth-order valence-electron chi connectivity index (χ4n) is 2.88. The number of ether oxygens (including phenoxy) is 1. The molecule has 1 amide bonds. The van der Waals surface area contributed by atoms with E-state index in [1.807, 2.05) is 0 Å². The first-order chi connectivity index (χ1) is 15.2. The van der Waals surface area contributed by atoms with Crippen LogP contribution in [0.1, 0.15) is 5.56 Å². The Hall–Kier alpha value is -2.65. The normalized spacial score (nSPS) is 11.4. The van der Waals surface area contributed by atoms with E-state index in [2.05, 4.69) is 5.32 Å². The molecule has 0 heterocycles. The molecular formula is C22H19Cl2FN2O4S. The minimum Gasteiger partial charge on any atom is -0.497 e. The molecule has 0 saturated carbocycles. The number of benzene rings is 3. The third-order valence-electron chi connectivity index (χ3n) is 4.54. The Morgan fingerprint density at radius 1 is 1.03 bits per heavy atom. The van der Waals surface area contributed by atoms with E-state index in [9.17, 15) is 17.6 Å². The summed E-state index contributed by atoms with van der Waals surface area (Å²) in [4.78, 5) is 12.6. The standard InChI is InChI=1S/C22H19Cl2FN2O4S/c1-31-17-9-7-16(8-10-17)26-22(28)14-27(13-19-20(24)3-2-4-21(19)25)32(29,30)18-11-5-15(23)6-12-18/h2-12H,13-14H2,1H3,(H,26,28). The first kappa shape index (κ1) is 24.0. The predicted octanol–water partition coefficient (Wildman–Crippen LogP) is 4.97. The van der Waals surface area contributed by atoms with Crippen molar-refractivity contribution in [3.63, 3.8) is 0 Å². The Labute approximate surface area is 195 Å². The van der Waals surface area contributed by atoms with Crippen molar-refractivity contribution in [1.29, 1.82) is 0 Å². The van der Waals surface area contributed by atoms with Crippen molar-refractivity contribution in [2.45, 2.75) is 11.4 Å². The van der Waals surface area contributed by atoms with Crippen molar-refractivity contribution in [2.24, 2.45) is 0 Å². The quantitative estimate of drug-likeness (QED) is 0.477. The van der Waals surface area contributed by atoms with E-state index >= 15 is 0 Å². The number of sulfonamides is 1. The number of hydrogen-bond donors (Lipinski definition) is 1. The predicted molar refractivity (Wildman–Crippen MR) is 122 cm³/mol. The number of methoxy groups -OCH3 is 1. The third-order valence-corrected chi connectivity index (χ3v) is 6.95. The molecule has 0 aromatic heterocycles. The lowest BCUT2D eigenvalue weighted by Gasteiger charge is -2.23. The van der Waals surface area contributed by atoms with Gasteiger partial charge in [0, 0.05) is 27.8 Å². The molecule has 6 nitrogen and oxygen atoms in total. The topological polar surface area (TPSA) is 75.7 Å². The van der Waals surface area contributed by atoms with Crippen LogP contribution in [0.2, 0.25) is 10.0 Å². The van der Waals surface area contributed by atoms with E-state index in [0.717, 1.165) is 4.31 Å². The molecule has 0 unspecified atom stereocenters. The molecule has 3 rings (SSSR count). The van der Waals surface area contributed by atoms with Gasteiger partial charge in [-0.15, -0.1) is 0 Å². The third kappa shape index (κ3) is 5.77. The van der Waals surface area contributed by atoms with E-state index in [-0.39, 0.29) is 15.5 Å². The number of carbonyl (C=O) groups excluding carboxylic acids is 1. The van der Waals surface area contributed by atoms with Crippen LogP contribution in [0.3, 0.4) is 0 Å². The van der Waals surface area contributed by atoms with Gasteiger partial charge in [-0.1, -0.05) is 29.3 Å². The van der Waals surface area contributed by atoms with E-state index in [1.165, 1.54) is 49.6 Å². The summed E-state index contributed by atoms with van der Waals surface area (Å²) in [7, 11) is -2.66. The molecule has 0 radical (unpaired) electrons. The van der Waals surface area contributed by atoms with Crippen LogP contribution < -0.4 is 10.1 Å². The number of hydrogen-bond acceptors (Lipinski definition) is 4. The summed E-state index contributed by atoms with van der Waals surface area (Å²) >= 11 is 12.0. The summed E-state index contributed by atoms with van der Waals surface area (Å²) in [6.07, 6.45) is 0. The maximum absolute atomic E-state index is 14.4. The van der Waals surface area contributed by atoms with Crippen molar-refractivity contribution >= 4 is 44.8 Å². The molecule has 32 heavy (non-hydrogen) atoms. The SMILES string of the molecule is COc1ccc(NC(=O)CN(Cc2c(F)cccc2Cl)S(=O)(=O)c2ccc(Cl)cc2)cc1. The van der Waals surface area contributed by atoms with Gasteiger partial charge in [0.15, 0.2) is 0 Å². The van der Waals surface area contributed by atoms with Crippen molar-refractivity contribution in [3.8, 4) is 5.75 Å². The minimum absolute atomic E-state index is 0.0380. The second-order valence-corrected chi connectivity index (χ2v) is 9.49. The summed E-state index contributed by atoms with van der Waals surface area (Å²) in [5, 5.41) is 3.03. The fourth-order valence-corrected chi connectivity index (χ4v) is 4.59. The summed E-state index contributed by atoms with van der Waals surface area (Å²) in [5.74, 6) is -0.686. The number of nitrogens with zero attached hydrogens (tertiary/aromatic N) is 1. The van der Waals surface area contributed by atoms with E-state index < -0.39 is 34.8 Å². The van der Waals surface area contributed by atoms with Gasteiger partial charge >= 0.3 is 0 Å². The summed E-state index contributed by atoms with van der Waals surface area (Å²) in [6.45, 7) is -1.01. The summed E-state index contributed by atoms with van der Waals surface area (Å²) in [6, 6.07) is 16.0. The molecule has 10 heteroatoms. The molecule has 0 atom stereocenters. The van der Waals surface area contributed by atoms with Gasteiger partial charge in [0.1, 0.15) is 11.6 Å². The van der Waals surface area contributed by atoms with E-state index in [1.54, 1.807) is 24.3 Å². The van der Waals surface area contributed by atoms with Gasteiger partial charge in [-0.05, 0) is 60.7 Å². The lowest BCUT2D eigenvalue weighted by atomic mass is 10.2. The highest BCUT2D eigenvalue weighted by Gasteiger charge is 2.28. The first-order valence-electron chi connectivity index (χ1n) is 9.33. The lowest BCUT2D eigenvalue weighted by molar-refractivity contribution is -0.116. The number of amides is 1. The van der Waals surface area contributed by atoms with Crippen molar-refractivity contribution in [2.75, 3.05) is 19.0 Å². The van der Waals surface area contributed by atoms with Crippen LogP contribution in [0.4, 0.5) is 10.1 Å². The molecule has 0 fully saturated rings. The van der Waals surface area contributed by atoms with Crippen LogP contribution in [0, 0.1) is 5.82 Å². The Morgan fingerprint density at radius 3 is 2.28 bits per heavy atom. The van der Waals surface area contributed by atoms with Crippen LogP contribution >= 0.6 is 23.2 Å². The Bertz CT molecular complexity index is 1180. The molecule has 0 bridgehead atoms. The maximum atomic E-state index is 14.4. The maximum Gasteiger partial charge on any atom is 0.243 e. The molecule has 168 valence electrons. The van der Waals surface area contributed by atoms with E-state index in [0.29, 0.717) is 16.5 Å². The second kappa shape index (κ2) is 10.3. The van der Waals surface area contributed by atoms with Crippen molar-refractivity contribution in [1.82, 2.24) is 4.31 Å². The molecule has 0 aliphatic rings. The number of carbonyl (C=O) groups is 1. The van der Waals surface area contributed by atoms with Gasteiger partial charge in [0.05, 0.1) is 18.6 Å². The van der Waals surface area contributed by atoms with Gasteiger partial charge in [-0.3, -0.25) is 4.79 Å². The number of anilines is 1. The monoisotopic (exact) mass is 496 g/mol. The number of rotatable bonds is 8. The Kier molecular flexibility index (Phi) is 7.73. The molecule has 0 spiro atoms. The van der Waals surface area contributed by atoms with Crippen molar-refractivity contribution < 1.29 is 22.3 Å². The summed E-state index contributed by atoms with van der Waals surface area (Å²) in [5.41, 5.74) is 0.410. The fraction of sp³-hybridized carbons (Fsp3) is 0.136. The Morgan fingerprint density at radius 2 is 1.69 bits per heavy atom. The molecule has 0 aliphatic carbocycles. The molecule has 3 aromatic carbocycles. The smallest absolute Gasteiger partial charge is 0.243 e. The zero-order valence-electron chi connectivity index (χ0n) is 16.9.